The molecule has 0 saturated carbocycles. The number of carbonyl (C=O) groups is 2. The van der Waals surface area contributed by atoms with Crippen molar-refractivity contribution >= 4 is 55.8 Å². The molecule has 3 aromatic rings. The maximum atomic E-state index is 13.2. The van der Waals surface area contributed by atoms with E-state index in [1.54, 1.807) is 43.5 Å². The van der Waals surface area contributed by atoms with Crippen LogP contribution in [-0.4, -0.2) is 46.3 Å². The summed E-state index contributed by atoms with van der Waals surface area (Å²) in [6, 6.07) is 13.3. The number of aliphatic imine (C=N–C) groups is 1. The van der Waals surface area contributed by atoms with Gasteiger partial charge in [0.1, 0.15) is 5.75 Å². The van der Waals surface area contributed by atoms with Crippen molar-refractivity contribution in [3.8, 4) is 28.7 Å². The van der Waals surface area contributed by atoms with Crippen LogP contribution in [0.1, 0.15) is 21.5 Å². The molecule has 0 unspecified atom stereocenters. The first kappa shape index (κ1) is 27.2. The van der Waals surface area contributed by atoms with E-state index in [2.05, 4.69) is 36.9 Å². The second-order valence-electron chi connectivity index (χ2n) is 7.67. The summed E-state index contributed by atoms with van der Waals surface area (Å²) in [4.78, 5) is 30.1. The number of ether oxygens (including phenoxy) is 6. The number of rotatable bonds is 8. The van der Waals surface area contributed by atoms with E-state index < -0.39 is 11.9 Å². The van der Waals surface area contributed by atoms with Crippen molar-refractivity contribution in [3.05, 3.63) is 79.9 Å². The summed E-state index contributed by atoms with van der Waals surface area (Å²) in [5, 5.41) is 0. The number of benzene rings is 3. The lowest BCUT2D eigenvalue weighted by atomic mass is 10.1. The molecule has 11 heteroatoms. The van der Waals surface area contributed by atoms with Crippen molar-refractivity contribution in [2.75, 3.05) is 28.4 Å². The molecule has 0 aliphatic carbocycles. The number of hydrogen-bond acceptors (Lipinski definition) is 9. The van der Waals surface area contributed by atoms with Crippen LogP contribution in [0, 0.1) is 0 Å². The minimum Gasteiger partial charge on any atom is -0.497 e. The van der Waals surface area contributed by atoms with Crippen molar-refractivity contribution in [1.82, 2.24) is 0 Å². The van der Waals surface area contributed by atoms with Gasteiger partial charge in [0, 0.05) is 15.6 Å². The Bertz CT molecular complexity index is 1440. The second-order valence-corrected chi connectivity index (χ2v) is 9.44. The Labute approximate surface area is 235 Å². The second kappa shape index (κ2) is 11.7. The maximum Gasteiger partial charge on any atom is 0.363 e. The molecule has 0 aromatic heterocycles. The Morgan fingerprint density at radius 1 is 0.868 bits per heavy atom. The molecule has 1 heterocycles. The fourth-order valence-electron chi connectivity index (χ4n) is 3.56. The van der Waals surface area contributed by atoms with Crippen LogP contribution in [0.25, 0.3) is 6.08 Å². The van der Waals surface area contributed by atoms with Crippen molar-refractivity contribution in [3.63, 3.8) is 0 Å². The molecule has 0 amide bonds. The molecule has 0 radical (unpaired) electrons. The van der Waals surface area contributed by atoms with Crippen molar-refractivity contribution in [2.24, 2.45) is 4.99 Å². The highest BCUT2D eigenvalue weighted by atomic mass is 79.9. The first-order chi connectivity index (χ1) is 18.3. The van der Waals surface area contributed by atoms with Crippen LogP contribution in [0.5, 0.6) is 28.7 Å². The zero-order valence-corrected chi connectivity index (χ0v) is 23.8. The van der Waals surface area contributed by atoms with E-state index in [-0.39, 0.29) is 22.9 Å². The van der Waals surface area contributed by atoms with Crippen molar-refractivity contribution in [2.45, 2.75) is 0 Å². The quantitative estimate of drug-likeness (QED) is 0.172. The van der Waals surface area contributed by atoms with Crippen LogP contribution in [-0.2, 0) is 9.53 Å². The minimum atomic E-state index is -0.691. The fraction of sp³-hybridized carbons (Fsp3) is 0.148. The Morgan fingerprint density at radius 2 is 1.53 bits per heavy atom. The molecule has 4 rings (SSSR count). The van der Waals surface area contributed by atoms with E-state index in [9.17, 15) is 9.59 Å². The average Bonchev–Trinajstić information content (AvgIpc) is 3.29. The lowest BCUT2D eigenvalue weighted by molar-refractivity contribution is -0.129. The molecule has 0 N–H and O–H groups in total. The first-order valence-corrected chi connectivity index (χ1v) is 12.5. The highest BCUT2D eigenvalue weighted by Crippen LogP contribution is 2.40. The van der Waals surface area contributed by atoms with Gasteiger partial charge in [-0.25, -0.2) is 14.6 Å². The van der Waals surface area contributed by atoms with E-state index in [0.717, 1.165) is 0 Å². The molecule has 38 heavy (non-hydrogen) atoms. The topological polar surface area (TPSA) is 102 Å². The normalized spacial score (nSPS) is 13.6. The largest absolute Gasteiger partial charge is 0.497 e. The van der Waals surface area contributed by atoms with Gasteiger partial charge in [0.15, 0.2) is 22.9 Å². The van der Waals surface area contributed by atoms with Gasteiger partial charge in [-0.05, 0) is 70.5 Å². The monoisotopic (exact) mass is 645 g/mol. The zero-order valence-electron chi connectivity index (χ0n) is 20.7. The van der Waals surface area contributed by atoms with Crippen LogP contribution in [0.2, 0.25) is 0 Å². The van der Waals surface area contributed by atoms with Gasteiger partial charge in [-0.2, -0.15) is 0 Å². The van der Waals surface area contributed by atoms with Gasteiger partial charge in [0.05, 0.1) is 38.5 Å². The number of nitrogens with zero attached hydrogens (tertiary/aromatic N) is 1. The third-order valence-electron chi connectivity index (χ3n) is 5.38. The molecular weight excluding hydrogens is 626 g/mol. The Kier molecular flexibility index (Phi) is 8.38. The predicted octanol–water partition coefficient (Wildman–Crippen LogP) is 5.81. The van der Waals surface area contributed by atoms with Crippen molar-refractivity contribution < 1.29 is 38.0 Å². The van der Waals surface area contributed by atoms with Crippen LogP contribution in [0.3, 0.4) is 0 Å². The first-order valence-electron chi connectivity index (χ1n) is 11.0. The summed E-state index contributed by atoms with van der Waals surface area (Å²) in [6.07, 6.45) is 1.48. The summed E-state index contributed by atoms with van der Waals surface area (Å²) < 4.78 is 33.4. The van der Waals surface area contributed by atoms with Gasteiger partial charge in [-0.1, -0.05) is 15.9 Å². The molecule has 196 valence electrons. The van der Waals surface area contributed by atoms with Gasteiger partial charge < -0.3 is 28.4 Å². The lowest BCUT2D eigenvalue weighted by Gasteiger charge is -2.15. The Hall–Kier alpha value is -3.83. The van der Waals surface area contributed by atoms with Gasteiger partial charge in [-0.15, -0.1) is 0 Å². The smallest absolute Gasteiger partial charge is 0.363 e. The number of cyclic esters (lactones) is 1. The predicted molar refractivity (Wildman–Crippen MR) is 146 cm³/mol. The van der Waals surface area contributed by atoms with Crippen LogP contribution in [0.4, 0.5) is 0 Å². The van der Waals surface area contributed by atoms with Gasteiger partial charge >= 0.3 is 11.9 Å². The average molecular weight is 647 g/mol. The lowest BCUT2D eigenvalue weighted by Crippen LogP contribution is -2.11. The highest BCUT2D eigenvalue weighted by molar-refractivity contribution is 9.11. The molecule has 3 aromatic carbocycles. The summed E-state index contributed by atoms with van der Waals surface area (Å²) >= 11 is 6.86. The van der Waals surface area contributed by atoms with E-state index in [1.807, 2.05) is 0 Å². The third kappa shape index (κ3) is 5.68. The SMILES string of the molecule is COc1ccc(C2=N/C(=C\c3cc(Br)cc(Br)c3OC(=O)c3cc(OC)c(OC)c(OC)c3)C(=O)O2)cc1. The molecule has 1 aliphatic heterocycles. The third-order valence-corrected chi connectivity index (χ3v) is 6.43. The standard InChI is InChI=1S/C27H21Br2NO8/c1-33-18-7-5-14(6-8-18)25-30-20(27(32)38-25)10-15-9-17(28)13-19(29)23(15)37-26(31)16-11-21(34-2)24(36-4)22(12-16)35-3/h5-13H,1-4H3/b20-10-. The number of hydrogen-bond donors (Lipinski definition) is 0. The molecule has 0 bridgehead atoms. The van der Waals surface area contributed by atoms with Crippen LogP contribution in [0.15, 0.2) is 68.2 Å². The molecular formula is C27H21Br2NO8. The van der Waals surface area contributed by atoms with Gasteiger partial charge in [0.25, 0.3) is 0 Å². The number of halogens is 2. The molecule has 1 aliphatic rings. The van der Waals surface area contributed by atoms with Crippen molar-refractivity contribution in [1.29, 1.82) is 0 Å². The van der Waals surface area contributed by atoms with E-state index in [4.69, 9.17) is 28.4 Å². The Morgan fingerprint density at radius 3 is 2.11 bits per heavy atom. The highest BCUT2D eigenvalue weighted by Gasteiger charge is 2.26. The van der Waals surface area contributed by atoms with E-state index >= 15 is 0 Å². The van der Waals surface area contributed by atoms with Crippen LogP contribution >= 0.6 is 31.9 Å². The number of esters is 2. The van der Waals surface area contributed by atoms with E-state index in [0.29, 0.717) is 43.1 Å². The summed E-state index contributed by atoms with van der Waals surface area (Å²) in [5.41, 5.74) is 1.20. The summed E-state index contributed by atoms with van der Waals surface area (Å²) in [7, 11) is 5.92. The van der Waals surface area contributed by atoms with Gasteiger partial charge in [0.2, 0.25) is 11.6 Å². The molecule has 0 spiro atoms. The number of methoxy groups -OCH3 is 4. The molecule has 9 nitrogen and oxygen atoms in total. The zero-order chi connectivity index (χ0) is 27.4. The van der Waals surface area contributed by atoms with Crippen LogP contribution < -0.4 is 23.7 Å². The Balaban J connectivity index is 1.70. The maximum absolute atomic E-state index is 13.2. The molecule has 0 fully saturated rings. The molecule has 0 atom stereocenters. The minimum absolute atomic E-state index is 0.0332. The van der Waals surface area contributed by atoms with Gasteiger partial charge in [-0.3, -0.25) is 0 Å². The number of carbonyl (C=O) groups excluding carboxylic acids is 2. The molecule has 0 saturated heterocycles. The summed E-state index contributed by atoms with van der Waals surface area (Å²) in [5.74, 6) is 0.570. The summed E-state index contributed by atoms with van der Waals surface area (Å²) in [6.45, 7) is 0. The van der Waals surface area contributed by atoms with E-state index in [1.165, 1.54) is 39.5 Å². The fourth-order valence-corrected chi connectivity index (χ4v) is 4.90.